The van der Waals surface area contributed by atoms with Crippen LogP contribution < -0.4 is 4.90 Å². The van der Waals surface area contributed by atoms with Gasteiger partial charge in [-0.25, -0.2) is 18.7 Å². The highest BCUT2D eigenvalue weighted by Crippen LogP contribution is 2.29. The molecule has 0 aromatic carbocycles. The van der Waals surface area contributed by atoms with Gasteiger partial charge in [-0.05, 0) is 13.0 Å². The van der Waals surface area contributed by atoms with E-state index in [-0.39, 0.29) is 25.9 Å². The second-order valence-corrected chi connectivity index (χ2v) is 4.18. The van der Waals surface area contributed by atoms with Gasteiger partial charge in [0.15, 0.2) is 0 Å². The Morgan fingerprint density at radius 2 is 2.00 bits per heavy atom. The number of aryl methyl sites for hydroxylation is 1. The van der Waals surface area contributed by atoms with E-state index < -0.39 is 5.92 Å². The lowest BCUT2D eigenvalue weighted by Crippen LogP contribution is -2.40. The van der Waals surface area contributed by atoms with Crippen molar-refractivity contribution in [3.05, 3.63) is 17.5 Å². The zero-order chi connectivity index (χ0) is 12.5. The highest BCUT2D eigenvalue weighted by Gasteiger charge is 2.34. The monoisotopic (exact) mass is 237 g/mol. The Morgan fingerprint density at radius 3 is 2.59 bits per heavy atom. The molecule has 0 unspecified atom stereocenters. The van der Waals surface area contributed by atoms with Crippen molar-refractivity contribution in [2.45, 2.75) is 25.7 Å². The van der Waals surface area contributed by atoms with Crippen LogP contribution in [-0.4, -0.2) is 29.0 Å². The summed E-state index contributed by atoms with van der Waals surface area (Å²) in [6.07, 6.45) is 4.97. The van der Waals surface area contributed by atoms with Gasteiger partial charge in [0.05, 0.1) is 0 Å². The second kappa shape index (κ2) is 4.28. The third kappa shape index (κ3) is 2.70. The smallest absolute Gasteiger partial charge is 0.251 e. The average Bonchev–Trinajstić information content (AvgIpc) is 2.28. The van der Waals surface area contributed by atoms with Crippen LogP contribution in [0.1, 0.15) is 24.2 Å². The molecule has 0 atom stereocenters. The Kier molecular flexibility index (Phi) is 2.97. The standard InChI is InChI=1S/C12H13F2N3/c1-3-10-8-9(2)15-11(16-10)17-6-4-12(13,14)5-7-17/h1,8H,4-7H2,2H3. The van der Waals surface area contributed by atoms with Gasteiger partial charge in [0.2, 0.25) is 5.95 Å². The number of aromatic nitrogens is 2. The first-order valence-electron chi connectivity index (χ1n) is 5.45. The molecule has 0 amide bonds. The van der Waals surface area contributed by atoms with Gasteiger partial charge in [-0.2, -0.15) is 0 Å². The number of hydrogen-bond acceptors (Lipinski definition) is 3. The van der Waals surface area contributed by atoms with Crippen molar-refractivity contribution in [3.8, 4) is 12.3 Å². The first-order chi connectivity index (χ1) is 8.00. The molecular weight excluding hydrogens is 224 g/mol. The second-order valence-electron chi connectivity index (χ2n) is 4.18. The van der Waals surface area contributed by atoms with Crippen LogP contribution in [0, 0.1) is 19.3 Å². The molecule has 0 radical (unpaired) electrons. The van der Waals surface area contributed by atoms with Gasteiger partial charge in [0.1, 0.15) is 5.69 Å². The summed E-state index contributed by atoms with van der Waals surface area (Å²) < 4.78 is 26.0. The molecule has 1 saturated heterocycles. The van der Waals surface area contributed by atoms with E-state index in [1.54, 1.807) is 11.0 Å². The van der Waals surface area contributed by atoms with E-state index in [1.165, 1.54) is 0 Å². The van der Waals surface area contributed by atoms with Gasteiger partial charge in [0, 0.05) is 31.6 Å². The fraction of sp³-hybridized carbons (Fsp3) is 0.500. The molecule has 0 N–H and O–H groups in total. The minimum atomic E-state index is -2.56. The van der Waals surface area contributed by atoms with Crippen molar-refractivity contribution in [3.63, 3.8) is 0 Å². The summed E-state index contributed by atoms with van der Waals surface area (Å²) in [4.78, 5) is 10.1. The van der Waals surface area contributed by atoms with Crippen LogP contribution in [-0.2, 0) is 0 Å². The highest BCUT2D eigenvalue weighted by atomic mass is 19.3. The van der Waals surface area contributed by atoms with Gasteiger partial charge in [-0.3, -0.25) is 0 Å². The zero-order valence-electron chi connectivity index (χ0n) is 9.58. The number of anilines is 1. The van der Waals surface area contributed by atoms with E-state index in [9.17, 15) is 8.78 Å². The molecule has 5 heteroatoms. The molecule has 2 rings (SSSR count). The molecule has 1 fully saturated rings. The average molecular weight is 237 g/mol. The Labute approximate surface area is 98.9 Å². The molecule has 1 aliphatic heterocycles. The molecule has 0 spiro atoms. The Bertz CT molecular complexity index is 455. The number of hydrogen-bond donors (Lipinski definition) is 0. The Hall–Kier alpha value is -1.70. The normalized spacial score (nSPS) is 18.8. The van der Waals surface area contributed by atoms with Crippen LogP contribution in [0.25, 0.3) is 0 Å². The molecule has 90 valence electrons. The van der Waals surface area contributed by atoms with Crippen molar-refractivity contribution < 1.29 is 8.78 Å². The van der Waals surface area contributed by atoms with E-state index in [2.05, 4.69) is 15.9 Å². The van der Waals surface area contributed by atoms with Crippen molar-refractivity contribution in [1.82, 2.24) is 9.97 Å². The minimum Gasteiger partial charge on any atom is -0.340 e. The summed E-state index contributed by atoms with van der Waals surface area (Å²) in [6, 6.07) is 1.70. The highest BCUT2D eigenvalue weighted by molar-refractivity contribution is 5.37. The molecule has 0 saturated carbocycles. The van der Waals surface area contributed by atoms with Crippen LogP contribution in [0.15, 0.2) is 6.07 Å². The van der Waals surface area contributed by atoms with E-state index in [0.29, 0.717) is 11.6 Å². The summed E-state index contributed by atoms with van der Waals surface area (Å²) in [5.74, 6) is 0.330. The quantitative estimate of drug-likeness (QED) is 0.699. The third-order valence-electron chi connectivity index (χ3n) is 2.77. The molecule has 1 aromatic rings. The van der Waals surface area contributed by atoms with Gasteiger partial charge >= 0.3 is 0 Å². The molecule has 0 bridgehead atoms. The summed E-state index contributed by atoms with van der Waals surface area (Å²) >= 11 is 0. The van der Waals surface area contributed by atoms with Crippen LogP contribution in [0.2, 0.25) is 0 Å². The Morgan fingerprint density at radius 1 is 1.35 bits per heavy atom. The van der Waals surface area contributed by atoms with Crippen molar-refractivity contribution in [1.29, 1.82) is 0 Å². The maximum absolute atomic E-state index is 13.0. The number of terminal acetylenes is 1. The van der Waals surface area contributed by atoms with E-state index >= 15 is 0 Å². The van der Waals surface area contributed by atoms with Gasteiger partial charge in [-0.15, -0.1) is 6.42 Å². The van der Waals surface area contributed by atoms with Crippen LogP contribution in [0.3, 0.4) is 0 Å². The predicted octanol–water partition coefficient (Wildman–Crippen LogP) is 2.00. The van der Waals surface area contributed by atoms with Crippen molar-refractivity contribution in [2.75, 3.05) is 18.0 Å². The number of nitrogens with zero attached hydrogens (tertiary/aromatic N) is 3. The topological polar surface area (TPSA) is 29.0 Å². The minimum absolute atomic E-state index is 0.157. The van der Waals surface area contributed by atoms with Gasteiger partial charge in [0.25, 0.3) is 5.92 Å². The summed E-state index contributed by atoms with van der Waals surface area (Å²) in [7, 11) is 0. The lowest BCUT2D eigenvalue weighted by atomic mass is 10.1. The maximum atomic E-state index is 13.0. The summed E-state index contributed by atoms with van der Waals surface area (Å²) in [6.45, 7) is 2.34. The summed E-state index contributed by atoms with van der Waals surface area (Å²) in [5, 5.41) is 0. The zero-order valence-corrected chi connectivity index (χ0v) is 9.58. The lowest BCUT2D eigenvalue weighted by molar-refractivity contribution is -0.0222. The fourth-order valence-electron chi connectivity index (χ4n) is 1.80. The predicted molar refractivity (Wildman–Crippen MR) is 61.1 cm³/mol. The first-order valence-corrected chi connectivity index (χ1v) is 5.45. The van der Waals surface area contributed by atoms with E-state index in [4.69, 9.17) is 6.42 Å². The molecule has 17 heavy (non-hydrogen) atoms. The molecular formula is C12H13F2N3. The van der Waals surface area contributed by atoms with E-state index in [1.807, 2.05) is 6.92 Å². The number of rotatable bonds is 1. The number of halogens is 2. The molecule has 3 nitrogen and oxygen atoms in total. The largest absolute Gasteiger partial charge is 0.340 e. The SMILES string of the molecule is C#Cc1cc(C)nc(N2CCC(F)(F)CC2)n1. The van der Waals surface area contributed by atoms with Gasteiger partial charge < -0.3 is 4.90 Å². The molecule has 1 aromatic heterocycles. The fourth-order valence-corrected chi connectivity index (χ4v) is 1.80. The lowest BCUT2D eigenvalue weighted by Gasteiger charge is -2.31. The molecule has 1 aliphatic rings. The maximum Gasteiger partial charge on any atom is 0.251 e. The molecule has 0 aliphatic carbocycles. The van der Waals surface area contributed by atoms with Crippen molar-refractivity contribution in [2.24, 2.45) is 0 Å². The van der Waals surface area contributed by atoms with E-state index in [0.717, 1.165) is 5.69 Å². The van der Waals surface area contributed by atoms with Gasteiger partial charge in [-0.1, -0.05) is 5.92 Å². The first kappa shape index (κ1) is 11.8. The van der Waals surface area contributed by atoms with Crippen LogP contribution >= 0.6 is 0 Å². The summed E-state index contributed by atoms with van der Waals surface area (Å²) in [5.41, 5.74) is 1.24. The third-order valence-corrected chi connectivity index (χ3v) is 2.77. The van der Waals surface area contributed by atoms with Crippen LogP contribution in [0.4, 0.5) is 14.7 Å². The van der Waals surface area contributed by atoms with Crippen LogP contribution in [0.5, 0.6) is 0 Å². The number of alkyl halides is 2. The van der Waals surface area contributed by atoms with Crippen molar-refractivity contribution >= 4 is 5.95 Å². The molecule has 2 heterocycles. The number of piperidine rings is 1. The Balaban J connectivity index is 2.19.